The molecule has 0 amide bonds. The van der Waals surface area contributed by atoms with Gasteiger partial charge in [-0.05, 0) is 24.3 Å². The lowest BCUT2D eigenvalue weighted by atomic mass is 10.1. The highest BCUT2D eigenvalue weighted by atomic mass is 35.5. The topological polar surface area (TPSA) is 68.9 Å². The monoisotopic (exact) mass is 233 g/mol. The number of anilines is 1. The number of carbonyl (C=O) groups excluding carboxylic acids is 1. The predicted molar refractivity (Wildman–Crippen MR) is 61.3 cm³/mol. The number of nitrogens with zero attached hydrogens (tertiary/aromatic N) is 2. The zero-order valence-corrected chi connectivity index (χ0v) is 8.98. The second kappa shape index (κ2) is 4.28. The van der Waals surface area contributed by atoms with E-state index in [4.69, 9.17) is 17.3 Å². The first kappa shape index (κ1) is 10.6. The van der Waals surface area contributed by atoms with Gasteiger partial charge in [-0.1, -0.05) is 11.6 Å². The molecule has 0 atom stereocenters. The van der Waals surface area contributed by atoms with Crippen molar-refractivity contribution in [2.45, 2.75) is 0 Å². The van der Waals surface area contributed by atoms with E-state index in [1.807, 2.05) is 0 Å². The third-order valence-corrected chi connectivity index (χ3v) is 2.28. The van der Waals surface area contributed by atoms with Crippen LogP contribution in [-0.4, -0.2) is 15.8 Å². The van der Waals surface area contributed by atoms with Crippen molar-refractivity contribution >= 4 is 23.2 Å². The zero-order chi connectivity index (χ0) is 11.5. The van der Waals surface area contributed by atoms with E-state index < -0.39 is 0 Å². The standard InChI is InChI=1S/C11H8ClN3O/c12-9-6-7(3-5-14-9)10(16)8-2-1-4-15-11(8)13/h1-6H,(H2,13,15). The molecule has 0 aliphatic carbocycles. The number of nitrogen functional groups attached to an aromatic ring is 1. The molecule has 0 aliphatic rings. The molecule has 2 rings (SSSR count). The molecule has 80 valence electrons. The van der Waals surface area contributed by atoms with Crippen LogP contribution in [-0.2, 0) is 0 Å². The van der Waals surface area contributed by atoms with Gasteiger partial charge in [0.2, 0.25) is 0 Å². The highest BCUT2D eigenvalue weighted by molar-refractivity contribution is 6.30. The fourth-order valence-corrected chi connectivity index (χ4v) is 1.48. The van der Waals surface area contributed by atoms with Crippen molar-refractivity contribution in [3.63, 3.8) is 0 Å². The van der Waals surface area contributed by atoms with Gasteiger partial charge in [0, 0.05) is 18.0 Å². The van der Waals surface area contributed by atoms with Crippen LogP contribution in [0.4, 0.5) is 5.82 Å². The maximum absolute atomic E-state index is 12.0. The van der Waals surface area contributed by atoms with Crippen LogP contribution in [0.15, 0.2) is 36.7 Å². The van der Waals surface area contributed by atoms with Gasteiger partial charge in [-0.25, -0.2) is 9.97 Å². The van der Waals surface area contributed by atoms with Crippen molar-refractivity contribution in [1.82, 2.24) is 9.97 Å². The summed E-state index contributed by atoms with van der Waals surface area (Å²) in [6.45, 7) is 0. The Labute approximate surface area is 97.1 Å². The molecule has 0 aliphatic heterocycles. The molecule has 2 heterocycles. The van der Waals surface area contributed by atoms with E-state index >= 15 is 0 Å². The van der Waals surface area contributed by atoms with E-state index in [2.05, 4.69) is 9.97 Å². The Morgan fingerprint density at radius 2 is 2.06 bits per heavy atom. The minimum Gasteiger partial charge on any atom is -0.383 e. The largest absolute Gasteiger partial charge is 0.383 e. The molecular weight excluding hydrogens is 226 g/mol. The summed E-state index contributed by atoms with van der Waals surface area (Å²) in [5.74, 6) is -0.00432. The van der Waals surface area contributed by atoms with E-state index in [1.165, 1.54) is 18.5 Å². The lowest BCUT2D eigenvalue weighted by Gasteiger charge is -2.03. The summed E-state index contributed by atoms with van der Waals surface area (Å²) in [5, 5.41) is 0.272. The predicted octanol–water partition coefficient (Wildman–Crippen LogP) is 1.94. The minimum absolute atomic E-state index is 0.209. The average molecular weight is 234 g/mol. The Hall–Kier alpha value is -1.94. The number of hydrogen-bond donors (Lipinski definition) is 1. The van der Waals surface area contributed by atoms with E-state index in [9.17, 15) is 4.79 Å². The van der Waals surface area contributed by atoms with E-state index in [-0.39, 0.29) is 16.8 Å². The number of carbonyl (C=O) groups is 1. The second-order valence-electron chi connectivity index (χ2n) is 3.13. The summed E-state index contributed by atoms with van der Waals surface area (Å²) in [7, 11) is 0. The Morgan fingerprint density at radius 3 is 2.75 bits per heavy atom. The Morgan fingerprint density at radius 1 is 1.25 bits per heavy atom. The van der Waals surface area contributed by atoms with E-state index in [0.717, 1.165) is 0 Å². The van der Waals surface area contributed by atoms with Crippen LogP contribution >= 0.6 is 11.6 Å². The summed E-state index contributed by atoms with van der Waals surface area (Å²) in [6.07, 6.45) is 3.01. The highest BCUT2D eigenvalue weighted by Gasteiger charge is 2.12. The fourth-order valence-electron chi connectivity index (χ4n) is 1.31. The molecule has 0 radical (unpaired) electrons. The third-order valence-electron chi connectivity index (χ3n) is 2.07. The highest BCUT2D eigenvalue weighted by Crippen LogP contribution is 2.15. The molecule has 2 N–H and O–H groups in total. The number of aromatic nitrogens is 2. The number of halogens is 1. The fraction of sp³-hybridized carbons (Fsp3) is 0. The zero-order valence-electron chi connectivity index (χ0n) is 8.22. The SMILES string of the molecule is Nc1ncccc1C(=O)c1ccnc(Cl)c1. The first-order chi connectivity index (χ1) is 7.68. The Bertz CT molecular complexity index is 542. The summed E-state index contributed by atoms with van der Waals surface area (Å²) in [4.78, 5) is 19.7. The van der Waals surface area contributed by atoms with Gasteiger partial charge in [0.15, 0.2) is 5.78 Å². The first-order valence-electron chi connectivity index (χ1n) is 4.55. The molecule has 0 saturated heterocycles. The summed E-state index contributed by atoms with van der Waals surface area (Å²) < 4.78 is 0. The molecule has 16 heavy (non-hydrogen) atoms. The van der Waals surface area contributed by atoms with Crippen molar-refractivity contribution < 1.29 is 4.79 Å². The lowest BCUT2D eigenvalue weighted by Crippen LogP contribution is -2.06. The quantitative estimate of drug-likeness (QED) is 0.636. The van der Waals surface area contributed by atoms with Crippen molar-refractivity contribution in [3.8, 4) is 0 Å². The number of hydrogen-bond acceptors (Lipinski definition) is 4. The van der Waals surface area contributed by atoms with E-state index in [0.29, 0.717) is 11.1 Å². The summed E-state index contributed by atoms with van der Waals surface area (Å²) in [6, 6.07) is 6.36. The molecule has 0 aromatic carbocycles. The Balaban J connectivity index is 2.44. The maximum Gasteiger partial charge on any atom is 0.196 e. The first-order valence-corrected chi connectivity index (χ1v) is 4.93. The summed E-state index contributed by atoms with van der Waals surface area (Å²) >= 11 is 5.71. The maximum atomic E-state index is 12.0. The molecule has 0 unspecified atom stereocenters. The van der Waals surface area contributed by atoms with Crippen LogP contribution in [0.3, 0.4) is 0 Å². The van der Waals surface area contributed by atoms with Crippen molar-refractivity contribution in [2.75, 3.05) is 5.73 Å². The average Bonchev–Trinajstić information content (AvgIpc) is 2.29. The Kier molecular flexibility index (Phi) is 2.83. The molecule has 0 saturated carbocycles. The molecule has 0 spiro atoms. The van der Waals surface area contributed by atoms with Crippen LogP contribution in [0.25, 0.3) is 0 Å². The lowest BCUT2D eigenvalue weighted by molar-refractivity contribution is 0.103. The molecule has 2 aromatic rings. The van der Waals surface area contributed by atoms with Gasteiger partial charge >= 0.3 is 0 Å². The van der Waals surface area contributed by atoms with Gasteiger partial charge in [-0.2, -0.15) is 0 Å². The molecule has 0 bridgehead atoms. The normalized spacial score (nSPS) is 10.1. The van der Waals surface area contributed by atoms with Gasteiger partial charge in [0.05, 0.1) is 5.56 Å². The van der Waals surface area contributed by atoms with Crippen LogP contribution in [0, 0.1) is 0 Å². The number of rotatable bonds is 2. The van der Waals surface area contributed by atoms with Crippen LogP contribution in [0.2, 0.25) is 5.15 Å². The number of nitrogens with two attached hydrogens (primary N) is 1. The van der Waals surface area contributed by atoms with Crippen LogP contribution in [0.5, 0.6) is 0 Å². The molecule has 4 nitrogen and oxygen atoms in total. The van der Waals surface area contributed by atoms with Gasteiger partial charge in [0.25, 0.3) is 0 Å². The second-order valence-corrected chi connectivity index (χ2v) is 3.52. The molecule has 0 fully saturated rings. The van der Waals surface area contributed by atoms with Gasteiger partial charge in [-0.15, -0.1) is 0 Å². The van der Waals surface area contributed by atoms with Crippen LogP contribution in [0.1, 0.15) is 15.9 Å². The number of pyridine rings is 2. The molecule has 2 aromatic heterocycles. The number of ketones is 1. The van der Waals surface area contributed by atoms with Gasteiger partial charge < -0.3 is 5.73 Å². The minimum atomic E-state index is -0.213. The molecule has 5 heteroatoms. The van der Waals surface area contributed by atoms with Crippen molar-refractivity contribution in [3.05, 3.63) is 52.9 Å². The van der Waals surface area contributed by atoms with Crippen molar-refractivity contribution in [1.29, 1.82) is 0 Å². The third kappa shape index (κ3) is 2.01. The summed E-state index contributed by atoms with van der Waals surface area (Å²) in [5.41, 5.74) is 6.43. The van der Waals surface area contributed by atoms with Gasteiger partial charge in [0.1, 0.15) is 11.0 Å². The molecular formula is C11H8ClN3O. The van der Waals surface area contributed by atoms with Gasteiger partial charge in [-0.3, -0.25) is 4.79 Å². The van der Waals surface area contributed by atoms with Crippen molar-refractivity contribution in [2.24, 2.45) is 0 Å². The van der Waals surface area contributed by atoms with Crippen LogP contribution < -0.4 is 5.73 Å². The van der Waals surface area contributed by atoms with E-state index in [1.54, 1.807) is 18.2 Å². The smallest absolute Gasteiger partial charge is 0.196 e.